The van der Waals surface area contributed by atoms with Crippen molar-refractivity contribution in [1.29, 1.82) is 0 Å². The Morgan fingerprint density at radius 1 is 1.07 bits per heavy atom. The molecule has 0 radical (unpaired) electrons. The molecule has 0 unspecified atom stereocenters. The summed E-state index contributed by atoms with van der Waals surface area (Å²) in [5.41, 5.74) is 3.86. The Bertz CT molecular complexity index is 930. The maximum Gasteiger partial charge on any atom is 0.321 e. The molecule has 2 amide bonds. The van der Waals surface area contributed by atoms with Crippen LogP contribution >= 0.6 is 0 Å². The average Bonchev–Trinajstić information content (AvgIpc) is 3.18. The molecule has 6 nitrogen and oxygen atoms in total. The van der Waals surface area contributed by atoms with Gasteiger partial charge in [-0.2, -0.15) is 0 Å². The number of amides is 2. The second-order valence-corrected chi connectivity index (χ2v) is 7.07. The number of piperazine rings is 1. The highest BCUT2D eigenvalue weighted by atomic mass is 16.3. The van der Waals surface area contributed by atoms with Crippen LogP contribution < -0.4 is 5.32 Å². The molecule has 0 bridgehead atoms. The van der Waals surface area contributed by atoms with Crippen LogP contribution in [0.1, 0.15) is 11.3 Å². The number of aromatic nitrogens is 1. The Morgan fingerprint density at radius 2 is 1.86 bits per heavy atom. The zero-order chi connectivity index (χ0) is 19.3. The third-order valence-electron chi connectivity index (χ3n) is 4.89. The number of benzene rings is 2. The van der Waals surface area contributed by atoms with Gasteiger partial charge in [0.2, 0.25) is 5.89 Å². The maximum atomic E-state index is 12.5. The van der Waals surface area contributed by atoms with E-state index in [1.165, 1.54) is 0 Å². The number of urea groups is 1. The summed E-state index contributed by atoms with van der Waals surface area (Å²) < 4.78 is 5.62. The molecule has 1 aromatic heterocycles. The van der Waals surface area contributed by atoms with Gasteiger partial charge in [0.25, 0.3) is 0 Å². The molecule has 1 N–H and O–H groups in total. The fourth-order valence-electron chi connectivity index (χ4n) is 3.36. The smallest absolute Gasteiger partial charge is 0.321 e. The number of nitrogens with zero attached hydrogens (tertiary/aromatic N) is 3. The lowest BCUT2D eigenvalue weighted by Gasteiger charge is -2.34. The minimum absolute atomic E-state index is 0.0435. The molecule has 4 rings (SSSR count). The van der Waals surface area contributed by atoms with Gasteiger partial charge in [0, 0.05) is 44.0 Å². The van der Waals surface area contributed by atoms with Gasteiger partial charge in [0.05, 0.1) is 5.69 Å². The lowest BCUT2D eigenvalue weighted by Crippen LogP contribution is -2.49. The number of oxazole rings is 1. The largest absolute Gasteiger partial charge is 0.444 e. The number of anilines is 1. The fraction of sp³-hybridized carbons (Fsp3) is 0.273. The molecule has 2 aromatic carbocycles. The van der Waals surface area contributed by atoms with Gasteiger partial charge in [-0.1, -0.05) is 30.3 Å². The van der Waals surface area contributed by atoms with E-state index in [0.717, 1.165) is 42.1 Å². The van der Waals surface area contributed by atoms with E-state index < -0.39 is 0 Å². The first-order valence-corrected chi connectivity index (χ1v) is 9.52. The van der Waals surface area contributed by atoms with Crippen LogP contribution in [-0.2, 0) is 6.54 Å². The van der Waals surface area contributed by atoms with Gasteiger partial charge < -0.3 is 14.6 Å². The second kappa shape index (κ2) is 8.27. The molecular formula is C22H24N4O2. The highest BCUT2D eigenvalue weighted by Gasteiger charge is 2.22. The number of aryl methyl sites for hydroxylation is 1. The van der Waals surface area contributed by atoms with Gasteiger partial charge in [-0.15, -0.1) is 0 Å². The normalized spacial score (nSPS) is 14.8. The summed E-state index contributed by atoms with van der Waals surface area (Å²) in [5, 5.41) is 2.98. The molecule has 0 aliphatic carbocycles. The highest BCUT2D eigenvalue weighted by Crippen LogP contribution is 2.19. The van der Waals surface area contributed by atoms with E-state index in [2.05, 4.69) is 15.2 Å². The zero-order valence-corrected chi connectivity index (χ0v) is 16.0. The van der Waals surface area contributed by atoms with Crippen molar-refractivity contribution in [3.05, 3.63) is 72.1 Å². The SMILES string of the molecule is Cc1cccc(NC(=O)N2CCN(Cc3coc(-c4ccccc4)n3)CC2)c1. The number of carbonyl (C=O) groups excluding carboxylic acids is 1. The van der Waals surface area contributed by atoms with Crippen LogP contribution in [-0.4, -0.2) is 47.0 Å². The Morgan fingerprint density at radius 3 is 2.61 bits per heavy atom. The quantitative estimate of drug-likeness (QED) is 0.748. The van der Waals surface area contributed by atoms with E-state index in [4.69, 9.17) is 4.42 Å². The van der Waals surface area contributed by atoms with Gasteiger partial charge in [-0.05, 0) is 36.8 Å². The summed E-state index contributed by atoms with van der Waals surface area (Å²) in [6.07, 6.45) is 1.72. The zero-order valence-electron chi connectivity index (χ0n) is 16.0. The monoisotopic (exact) mass is 376 g/mol. The van der Waals surface area contributed by atoms with Gasteiger partial charge in [-0.3, -0.25) is 4.90 Å². The molecule has 0 spiro atoms. The van der Waals surface area contributed by atoms with Crippen molar-refractivity contribution in [1.82, 2.24) is 14.8 Å². The van der Waals surface area contributed by atoms with E-state index in [1.807, 2.05) is 66.4 Å². The van der Waals surface area contributed by atoms with Crippen LogP contribution in [0.4, 0.5) is 10.5 Å². The Kier molecular flexibility index (Phi) is 5.39. The summed E-state index contributed by atoms with van der Waals surface area (Å²) in [5.74, 6) is 0.645. The molecule has 28 heavy (non-hydrogen) atoms. The minimum atomic E-state index is -0.0435. The van der Waals surface area contributed by atoms with Gasteiger partial charge >= 0.3 is 6.03 Å². The van der Waals surface area contributed by atoms with E-state index in [1.54, 1.807) is 6.26 Å². The van der Waals surface area contributed by atoms with E-state index in [0.29, 0.717) is 19.0 Å². The number of hydrogen-bond donors (Lipinski definition) is 1. The minimum Gasteiger partial charge on any atom is -0.444 e. The number of rotatable bonds is 4. The predicted molar refractivity (Wildman–Crippen MR) is 109 cm³/mol. The first-order valence-electron chi connectivity index (χ1n) is 9.52. The summed E-state index contributed by atoms with van der Waals surface area (Å²) >= 11 is 0. The Labute approximate surface area is 164 Å². The van der Waals surface area contributed by atoms with Crippen molar-refractivity contribution < 1.29 is 9.21 Å². The van der Waals surface area contributed by atoms with Gasteiger partial charge in [0.1, 0.15) is 6.26 Å². The standard InChI is InChI=1S/C22H24N4O2/c1-17-6-5-9-19(14-17)24-22(27)26-12-10-25(11-13-26)15-20-16-28-21(23-20)18-7-3-2-4-8-18/h2-9,14,16H,10-13,15H2,1H3,(H,24,27). The first kappa shape index (κ1) is 18.3. The van der Waals surface area contributed by atoms with Crippen molar-refractivity contribution in [3.8, 4) is 11.5 Å². The Hall–Kier alpha value is -3.12. The van der Waals surface area contributed by atoms with Crippen LogP contribution in [0, 0.1) is 6.92 Å². The number of carbonyl (C=O) groups is 1. The number of nitrogens with one attached hydrogen (secondary N) is 1. The van der Waals surface area contributed by atoms with Crippen LogP contribution in [0.5, 0.6) is 0 Å². The molecule has 0 saturated carbocycles. The third kappa shape index (κ3) is 4.40. The van der Waals surface area contributed by atoms with Crippen molar-refractivity contribution in [2.24, 2.45) is 0 Å². The topological polar surface area (TPSA) is 61.6 Å². The molecule has 1 aliphatic heterocycles. The van der Waals surface area contributed by atoms with Crippen LogP contribution in [0.2, 0.25) is 0 Å². The van der Waals surface area contributed by atoms with Gasteiger partial charge in [0.15, 0.2) is 0 Å². The summed E-state index contributed by atoms with van der Waals surface area (Å²) in [6.45, 7) is 5.76. The van der Waals surface area contributed by atoms with Crippen molar-refractivity contribution in [2.45, 2.75) is 13.5 Å². The van der Waals surface area contributed by atoms with E-state index in [9.17, 15) is 4.79 Å². The van der Waals surface area contributed by atoms with Crippen molar-refractivity contribution >= 4 is 11.7 Å². The Balaban J connectivity index is 1.28. The molecule has 0 atom stereocenters. The van der Waals surface area contributed by atoms with Gasteiger partial charge in [-0.25, -0.2) is 9.78 Å². The molecule has 1 fully saturated rings. The van der Waals surface area contributed by atoms with Crippen molar-refractivity contribution in [3.63, 3.8) is 0 Å². The second-order valence-electron chi connectivity index (χ2n) is 7.07. The highest BCUT2D eigenvalue weighted by molar-refractivity contribution is 5.89. The van der Waals surface area contributed by atoms with E-state index in [-0.39, 0.29) is 6.03 Å². The lowest BCUT2D eigenvalue weighted by atomic mass is 10.2. The van der Waals surface area contributed by atoms with Crippen molar-refractivity contribution in [2.75, 3.05) is 31.5 Å². The number of hydrogen-bond acceptors (Lipinski definition) is 4. The predicted octanol–water partition coefficient (Wildman–Crippen LogP) is 4.00. The molecule has 1 aliphatic rings. The maximum absolute atomic E-state index is 12.5. The summed E-state index contributed by atoms with van der Waals surface area (Å²) in [6, 6.07) is 17.7. The third-order valence-corrected chi connectivity index (χ3v) is 4.89. The van der Waals surface area contributed by atoms with Crippen LogP contribution in [0.25, 0.3) is 11.5 Å². The molecule has 6 heteroatoms. The molecule has 144 valence electrons. The average molecular weight is 376 g/mol. The van der Waals surface area contributed by atoms with Crippen LogP contribution in [0.15, 0.2) is 65.3 Å². The summed E-state index contributed by atoms with van der Waals surface area (Å²) in [4.78, 5) is 21.2. The first-order chi connectivity index (χ1) is 13.7. The molecule has 1 saturated heterocycles. The van der Waals surface area contributed by atoms with Crippen LogP contribution in [0.3, 0.4) is 0 Å². The lowest BCUT2D eigenvalue weighted by molar-refractivity contribution is 0.142. The summed E-state index contributed by atoms with van der Waals surface area (Å²) in [7, 11) is 0. The molecule has 2 heterocycles. The molecule has 3 aromatic rings. The van der Waals surface area contributed by atoms with E-state index >= 15 is 0 Å². The fourth-order valence-corrected chi connectivity index (χ4v) is 3.36. The molecular weight excluding hydrogens is 352 g/mol.